The van der Waals surface area contributed by atoms with Gasteiger partial charge in [0.25, 0.3) is 0 Å². The molecule has 3 aliphatic rings. The van der Waals surface area contributed by atoms with Gasteiger partial charge in [-0.05, 0) is 54.8 Å². The quantitative estimate of drug-likeness (QED) is 0.0345. The Morgan fingerprint density at radius 2 is 1.14 bits per heavy atom. The van der Waals surface area contributed by atoms with Crippen molar-refractivity contribution in [1.82, 2.24) is 68.4 Å². The first-order valence-corrected chi connectivity index (χ1v) is 38.4. The van der Waals surface area contributed by atoms with E-state index >= 15 is 9.59 Å². The number of carbonyl (C=O) groups excluding carboxylic acids is 14. The molecule has 0 saturated carbocycles. The zero-order valence-corrected chi connectivity index (χ0v) is 66.5. The molecule has 4 aromatic rings. The highest BCUT2D eigenvalue weighted by Gasteiger charge is 2.46. The largest absolute Gasteiger partial charge is 0.480 e. The lowest BCUT2D eigenvalue weighted by Gasteiger charge is -2.33. The first kappa shape index (κ1) is 94.1. The molecule has 0 aliphatic carbocycles. The number of carboxylic acids is 1. The first-order chi connectivity index (χ1) is 55.8. The number of aliphatic hydroxyl groups excluding tert-OH is 9. The molecule has 0 spiro atoms. The lowest BCUT2D eigenvalue weighted by atomic mass is 10.0. The van der Waals surface area contributed by atoms with Crippen LogP contribution in [0.1, 0.15) is 74.6 Å². The highest BCUT2D eigenvalue weighted by molar-refractivity contribution is 9.10. The third-order valence-electron chi connectivity index (χ3n) is 18.8. The Morgan fingerprint density at radius 1 is 0.593 bits per heavy atom. The summed E-state index contributed by atoms with van der Waals surface area (Å²) in [6.45, 7) is -2.50. The molecule has 3 aliphatic heterocycles. The van der Waals surface area contributed by atoms with Gasteiger partial charge >= 0.3 is 5.97 Å². The molecule has 0 unspecified atom stereocenters. The number of rotatable bonds is 17. The number of amides is 14. The number of primary amides is 2. The molecular weight excluding hydrogens is 1690 g/mol. The van der Waals surface area contributed by atoms with Gasteiger partial charge in [0.2, 0.25) is 95.3 Å². The number of aromatic nitrogens is 2. The van der Waals surface area contributed by atoms with Crippen molar-refractivity contribution in [2.45, 2.75) is 187 Å². The number of nitrogens with one attached hydrogen (secondary N) is 12. The minimum absolute atomic E-state index is 0.329. The summed E-state index contributed by atoms with van der Waals surface area (Å²) in [5.41, 5.74) is 12.5. The molecule has 3 aromatic carbocycles. The van der Waals surface area contributed by atoms with Gasteiger partial charge in [-0.3, -0.25) is 67.1 Å². The second kappa shape index (κ2) is 44.5. The molecule has 14 amide bonds. The molecule has 1 fully saturated rings. The van der Waals surface area contributed by atoms with Gasteiger partial charge in [-0.25, -0.2) is 13.9 Å². The number of hydrogen-bond donors (Lipinski definition) is 24. The Bertz CT molecular complexity index is 4350. The van der Waals surface area contributed by atoms with Crippen LogP contribution in [0.4, 0.5) is 0 Å². The van der Waals surface area contributed by atoms with Crippen LogP contribution in [0, 0.1) is 0 Å². The van der Waals surface area contributed by atoms with Crippen LogP contribution in [0.15, 0.2) is 118 Å². The number of fused-ring (bicyclic) bond motifs is 2. The number of nitrogens with two attached hydrogens (primary N) is 2. The van der Waals surface area contributed by atoms with Crippen molar-refractivity contribution >= 4 is 127 Å². The number of allylic oxidation sites excluding steroid dienone is 2. The predicted molar refractivity (Wildman–Crippen MR) is 413 cm³/mol. The SMILES string of the molecule is CC(/C=C/c1ccc(Br)cc1)=C\[C@H](O)[C@@H]1CC(=O)N[C@@H](CO)C(=O)N[C@@H]2Cn3cc([n+]([C@@H]4OC[C@H](O)[C@H](O)[C@H]4O)c3)C[C@H](NC(=O)C[C@H](O)C[C@@H](C(=O)O)NC(=O)CCNC(=O)[C@H](Cc3ccc(Br)cc3)NC(=O)[C@H]([C@@H](O)C(N)=O)NC(=O)[C@H](CC(N)=O)NC2=O)C(=O)N[C@@H]([C@H](C)O)C(=O)N[C@@H](CO)C(=O)N[C@@H](Cc2ccccc2)C(=O)N1. The van der Waals surface area contributed by atoms with Crippen molar-refractivity contribution in [2.75, 3.05) is 26.4 Å². The van der Waals surface area contributed by atoms with Crippen molar-refractivity contribution in [1.29, 1.82) is 0 Å². The van der Waals surface area contributed by atoms with Crippen molar-refractivity contribution in [3.63, 3.8) is 0 Å². The van der Waals surface area contributed by atoms with Gasteiger partial charge in [-0.2, -0.15) is 0 Å². The number of hydrogen-bond acceptors (Lipinski definition) is 25. The van der Waals surface area contributed by atoms with E-state index in [1.54, 1.807) is 85.8 Å². The molecule has 118 heavy (non-hydrogen) atoms. The molecule has 1 aromatic heterocycles. The summed E-state index contributed by atoms with van der Waals surface area (Å²) in [6, 6.07) is -2.14. The number of carboxylic acid groups (broad SMARTS) is 1. The van der Waals surface area contributed by atoms with Crippen molar-refractivity contribution in [3.05, 3.63) is 140 Å². The van der Waals surface area contributed by atoms with Crippen LogP contribution in [0.2, 0.25) is 0 Å². The smallest absolute Gasteiger partial charge is 0.326 e. The number of nitrogens with zero attached hydrogens (tertiary/aromatic N) is 2. The Labute approximate surface area is 689 Å². The monoisotopic (exact) mass is 1780 g/mol. The highest BCUT2D eigenvalue weighted by Crippen LogP contribution is 2.23. The maximum Gasteiger partial charge on any atom is 0.326 e. The average Bonchev–Trinajstić information content (AvgIpc) is 1.62. The van der Waals surface area contributed by atoms with Crippen molar-refractivity contribution in [2.24, 2.45) is 11.5 Å². The highest BCUT2D eigenvalue weighted by atomic mass is 79.9. The second-order valence-corrected chi connectivity index (χ2v) is 30.0. The second-order valence-electron chi connectivity index (χ2n) is 28.2. The van der Waals surface area contributed by atoms with Gasteiger partial charge in [-0.1, -0.05) is 110 Å². The fourth-order valence-corrected chi connectivity index (χ4v) is 13.0. The Kier molecular flexibility index (Phi) is 35.5. The molecular formula is C74H95Br2N16O26+. The first-order valence-electron chi connectivity index (χ1n) is 36.8. The number of benzene rings is 3. The molecule has 42 nitrogen and oxygen atoms in total. The lowest BCUT2D eigenvalue weighted by molar-refractivity contribution is -0.780. The summed E-state index contributed by atoms with van der Waals surface area (Å²) in [5, 5.41) is 139. The molecule has 1 saturated heterocycles. The van der Waals surface area contributed by atoms with Crippen LogP contribution in [-0.2, 0) is 102 Å². The van der Waals surface area contributed by atoms with Crippen LogP contribution in [0.5, 0.6) is 0 Å². The summed E-state index contributed by atoms with van der Waals surface area (Å²) in [5.74, 6) is -21.1. The summed E-state index contributed by atoms with van der Waals surface area (Å²) in [6.07, 6.45) is -16.9. The zero-order valence-electron chi connectivity index (χ0n) is 63.4. The van der Waals surface area contributed by atoms with Crippen LogP contribution >= 0.6 is 31.9 Å². The van der Waals surface area contributed by atoms with E-state index in [4.69, 9.17) is 16.2 Å². The van der Waals surface area contributed by atoms with Gasteiger partial charge in [0.05, 0.1) is 57.0 Å². The van der Waals surface area contributed by atoms with Gasteiger partial charge in [0, 0.05) is 54.0 Å². The van der Waals surface area contributed by atoms with E-state index in [0.717, 1.165) is 33.1 Å². The Balaban J connectivity index is 1.43. The minimum atomic E-state index is -2.72. The van der Waals surface area contributed by atoms with Crippen molar-refractivity contribution < 1.29 is 132 Å². The van der Waals surface area contributed by atoms with E-state index in [2.05, 4.69) is 90.3 Å². The zero-order chi connectivity index (χ0) is 86.9. The van der Waals surface area contributed by atoms with Crippen LogP contribution in [0.25, 0.3) is 6.08 Å². The van der Waals surface area contributed by atoms with Crippen molar-refractivity contribution in [3.8, 4) is 0 Å². The molecule has 26 N–H and O–H groups in total. The maximum absolute atomic E-state index is 15.3. The molecule has 7 rings (SSSR count). The number of imidazole rings is 1. The Hall–Kier alpha value is -11.0. The molecule has 44 heteroatoms. The predicted octanol–water partition coefficient (Wildman–Crippen LogP) is -9.47. The number of carbonyl (C=O) groups is 15. The minimum Gasteiger partial charge on any atom is -0.480 e. The van der Waals surface area contributed by atoms with Gasteiger partial charge in [-0.15, -0.1) is 0 Å². The third kappa shape index (κ3) is 28.1. The molecule has 4 bridgehead atoms. The van der Waals surface area contributed by atoms with E-state index in [-0.39, 0.29) is 5.69 Å². The van der Waals surface area contributed by atoms with Crippen LogP contribution < -0.4 is 79.8 Å². The third-order valence-corrected chi connectivity index (χ3v) is 19.9. The molecule has 640 valence electrons. The van der Waals surface area contributed by atoms with E-state index in [1.807, 2.05) is 5.32 Å². The maximum atomic E-state index is 15.3. The number of aliphatic hydroxyl groups is 9. The van der Waals surface area contributed by atoms with E-state index < -0.39 is 288 Å². The lowest BCUT2D eigenvalue weighted by Crippen LogP contribution is -2.63. The van der Waals surface area contributed by atoms with E-state index in [1.165, 1.54) is 18.2 Å². The summed E-state index contributed by atoms with van der Waals surface area (Å²) < 4.78 is 9.01. The van der Waals surface area contributed by atoms with Gasteiger partial charge in [0.1, 0.15) is 97.2 Å². The van der Waals surface area contributed by atoms with E-state index in [9.17, 15) is 113 Å². The summed E-state index contributed by atoms with van der Waals surface area (Å²) >= 11 is 6.65. The fourth-order valence-electron chi connectivity index (χ4n) is 12.5. The van der Waals surface area contributed by atoms with Crippen LogP contribution in [-0.4, -0.2) is 280 Å². The molecule has 0 radical (unpaired) electrons. The molecule has 19 atom stereocenters. The van der Waals surface area contributed by atoms with E-state index in [0.29, 0.717) is 26.7 Å². The van der Waals surface area contributed by atoms with Gasteiger partial charge < -0.3 is 131 Å². The number of halogens is 2. The number of aliphatic carboxylic acids is 1. The van der Waals surface area contributed by atoms with Crippen LogP contribution in [0.3, 0.4) is 0 Å². The Morgan fingerprint density at radius 3 is 1.75 bits per heavy atom. The summed E-state index contributed by atoms with van der Waals surface area (Å²) in [4.78, 5) is 213. The fraction of sp³-hybridized carbons (Fsp3) is 0.459. The van der Waals surface area contributed by atoms with Gasteiger partial charge in [0.15, 0.2) is 6.10 Å². The number of ether oxygens (including phenoxy) is 1. The normalized spacial score (nSPS) is 27.7. The topological polar surface area (TPSA) is 673 Å². The standard InChI is InChI=1S/C74H94Br2N16O26/c1-34(8-9-36-10-14-39(75)15-11-36)20-52(97)43-27-57(102)82-50(30-93)69(112)87-49-29-91-28-41(92(33-91)73-62(105)60(103)53(98)32-118-73)23-46(66(109)89-58(35(2)95)71(114)88-51(31-94)70(113)84-45(65(108)83-43)21-37-6-4-3-5-7-37)80-56(101)25-42(96)24-48(74(116)117)81-55(100)18-19-79-64(107)44(22-38-12-16-40(76)17-13-38)86-72(115)59(61(104)63(78)106)90-67(110)47(26-54(77)99)85-68(49)111/h3-17,20,28,33,35,42-53,58-62,73,93-98,103-105H,18-19,21-27,29-32H2,1-2H3,(H16-,77,78,79,80,81,82,83,84,85,86,87,88,89,90,99,100,101,102,106,107,108,109,110,111,112,113,114,115,116,117)/p+1/b9-8+,34-20+/t35-,42+,43-,44-,45-,46-,47-,48-,49+,50-,51-,52-,53-,58-,59-,60-,61+,62+,73+/m0/s1. The molecule has 4 heterocycles. The summed E-state index contributed by atoms with van der Waals surface area (Å²) in [7, 11) is 0. The average molecular weight is 1780 g/mol.